The second kappa shape index (κ2) is 2.45. The zero-order chi connectivity index (χ0) is 4.99. The van der Waals surface area contributed by atoms with Gasteiger partial charge in [-0.3, -0.25) is 4.79 Å². The normalized spacial score (nSPS) is 7.33. The smallest absolute Gasteiger partial charge is 0.311 e. The van der Waals surface area contributed by atoms with Gasteiger partial charge >= 0.3 is 5.97 Å². The summed E-state index contributed by atoms with van der Waals surface area (Å²) in [5, 5.41) is 7.79. The minimum Gasteiger partial charge on any atom is -0.481 e. The molecule has 33 valence electrons. The Morgan fingerprint density at radius 2 is 2.33 bits per heavy atom. The van der Waals surface area contributed by atoms with Crippen LogP contribution in [0, 0.1) is 6.42 Å². The lowest BCUT2D eigenvalue weighted by atomic mass is 10.6. The molecule has 0 aromatic rings. The lowest BCUT2D eigenvalue weighted by molar-refractivity contribution is -0.132. The third kappa shape index (κ3) is 3.21. The zero-order valence-electron chi connectivity index (χ0n) is 3.22. The summed E-state index contributed by atoms with van der Waals surface area (Å²) >= 11 is 0. The predicted octanol–water partition coefficient (Wildman–Crippen LogP) is 0.461. The van der Waals surface area contributed by atoms with E-state index in [9.17, 15) is 4.79 Å². The van der Waals surface area contributed by atoms with Crippen LogP contribution < -0.4 is 0 Å². The maximum absolute atomic E-state index is 9.47. The molecule has 0 aliphatic rings. The lowest BCUT2D eigenvalue weighted by Gasteiger charge is -1.74. The molecule has 0 unspecified atom stereocenters. The van der Waals surface area contributed by atoms with Gasteiger partial charge in [0.15, 0.2) is 0 Å². The van der Waals surface area contributed by atoms with Crippen molar-refractivity contribution in [1.29, 1.82) is 0 Å². The molecule has 0 amide bonds. The highest BCUT2D eigenvalue weighted by molar-refractivity contribution is 5.78. The van der Waals surface area contributed by atoms with Crippen LogP contribution in [0.15, 0.2) is 12.7 Å². The summed E-state index contributed by atoms with van der Waals surface area (Å²) in [6.45, 7) is 3.16. The highest BCUT2D eigenvalue weighted by Crippen LogP contribution is 1.71. The van der Waals surface area contributed by atoms with Crippen LogP contribution in [0.2, 0.25) is 0 Å². The molecule has 0 atom stereocenters. The second-order valence-electron chi connectivity index (χ2n) is 0.741. The molecule has 0 saturated carbocycles. The first-order valence-corrected chi connectivity index (χ1v) is 1.46. The Kier molecular flexibility index (Phi) is 2.13. The quantitative estimate of drug-likeness (QED) is 0.496. The molecule has 6 heavy (non-hydrogen) atoms. The van der Waals surface area contributed by atoms with Crippen LogP contribution in [0.3, 0.4) is 0 Å². The molecule has 1 radical (unpaired) electrons. The van der Waals surface area contributed by atoms with Crippen LogP contribution >= 0.6 is 0 Å². The van der Waals surface area contributed by atoms with Gasteiger partial charge in [-0.15, -0.1) is 6.58 Å². The predicted molar refractivity (Wildman–Crippen MR) is 22.1 cm³/mol. The fourth-order valence-electron chi connectivity index (χ4n) is 0.101. The Morgan fingerprint density at radius 3 is 2.33 bits per heavy atom. The second-order valence-corrected chi connectivity index (χ2v) is 0.741. The Hall–Kier alpha value is -0.790. The molecule has 0 heterocycles. The molecule has 0 saturated heterocycles. The van der Waals surface area contributed by atoms with Crippen molar-refractivity contribution in [2.45, 2.75) is 0 Å². The highest BCUT2D eigenvalue weighted by atomic mass is 16.5. The van der Waals surface area contributed by atoms with Crippen LogP contribution in [-0.2, 0) is 4.79 Å². The summed E-state index contributed by atoms with van der Waals surface area (Å²) in [6, 6.07) is 0. The van der Waals surface area contributed by atoms with E-state index in [-0.39, 0.29) is 0 Å². The average molecular weight is 86.1 g/mol. The molecule has 0 bridgehead atoms. The van der Waals surface area contributed by atoms with Gasteiger partial charge in [0, 0.05) is 0 Å². The van der Waals surface area contributed by atoms with Crippen LogP contribution in [0.1, 0.15) is 0 Å². The van der Waals surface area contributed by atoms with Crippen molar-refractivity contribution in [1.82, 2.24) is 0 Å². The SMILES string of the molecule is C=C[CH][13C](=O)O. The standard InChI is InChI=1S/C4H5O2/c1-2-3-4(5)6/h2-3H,1H2,(H,5,6)/i4+1. The molecule has 2 heteroatoms. The van der Waals surface area contributed by atoms with Gasteiger partial charge in [-0.1, -0.05) is 6.08 Å². The molecule has 0 aromatic carbocycles. The van der Waals surface area contributed by atoms with Crippen molar-refractivity contribution >= 4 is 5.97 Å². The summed E-state index contributed by atoms with van der Waals surface area (Å²) in [4.78, 5) is 9.47. The topological polar surface area (TPSA) is 37.3 Å². The van der Waals surface area contributed by atoms with Gasteiger partial charge in [-0.05, 0) is 0 Å². The minimum atomic E-state index is -0.954. The van der Waals surface area contributed by atoms with Crippen molar-refractivity contribution in [2.24, 2.45) is 0 Å². The minimum absolute atomic E-state index is 0.954. The molecule has 1 N–H and O–H groups in total. The Balaban J connectivity index is 3.05. The van der Waals surface area contributed by atoms with E-state index in [0.29, 0.717) is 0 Å². The monoisotopic (exact) mass is 86.0 g/mol. The van der Waals surface area contributed by atoms with E-state index in [1.807, 2.05) is 0 Å². The van der Waals surface area contributed by atoms with E-state index >= 15 is 0 Å². The largest absolute Gasteiger partial charge is 0.481 e. The Labute approximate surface area is 36.1 Å². The summed E-state index contributed by atoms with van der Waals surface area (Å²) in [6.07, 6.45) is 2.20. The van der Waals surface area contributed by atoms with Crippen molar-refractivity contribution < 1.29 is 9.90 Å². The Bertz CT molecular complexity index is 65.9. The van der Waals surface area contributed by atoms with Gasteiger partial charge in [0.2, 0.25) is 0 Å². The maximum atomic E-state index is 9.47. The molecule has 0 spiro atoms. The lowest BCUT2D eigenvalue weighted by Crippen LogP contribution is -1.89. The van der Waals surface area contributed by atoms with Crippen LogP contribution in [0.4, 0.5) is 0 Å². The van der Waals surface area contributed by atoms with E-state index in [0.717, 1.165) is 6.42 Å². The molecule has 0 rings (SSSR count). The van der Waals surface area contributed by atoms with E-state index in [4.69, 9.17) is 5.11 Å². The number of carboxylic acids is 1. The van der Waals surface area contributed by atoms with E-state index in [1.165, 1.54) is 6.08 Å². The number of rotatable bonds is 2. The van der Waals surface area contributed by atoms with Gasteiger partial charge in [0.1, 0.15) is 0 Å². The number of hydrogen-bond acceptors (Lipinski definition) is 1. The average Bonchev–Trinajstić information content (AvgIpc) is 1.35. The molecule has 0 fully saturated rings. The van der Waals surface area contributed by atoms with Gasteiger partial charge in [-0.2, -0.15) is 0 Å². The third-order valence-electron chi connectivity index (χ3n) is 0.260. The van der Waals surface area contributed by atoms with Gasteiger partial charge < -0.3 is 5.11 Å². The van der Waals surface area contributed by atoms with Gasteiger partial charge in [0.05, 0.1) is 6.42 Å². The van der Waals surface area contributed by atoms with Crippen molar-refractivity contribution in [3.8, 4) is 0 Å². The van der Waals surface area contributed by atoms with Crippen molar-refractivity contribution in [3.63, 3.8) is 0 Å². The molecular formula is C4H5O2. The van der Waals surface area contributed by atoms with Gasteiger partial charge in [-0.25, -0.2) is 0 Å². The fraction of sp³-hybridized carbons (Fsp3) is 0. The first kappa shape index (κ1) is 5.21. The zero-order valence-corrected chi connectivity index (χ0v) is 3.22. The summed E-state index contributed by atoms with van der Waals surface area (Å²) in [7, 11) is 0. The molecule has 0 aliphatic heterocycles. The summed E-state index contributed by atoms with van der Waals surface area (Å²) in [5.74, 6) is -0.954. The van der Waals surface area contributed by atoms with Crippen molar-refractivity contribution in [3.05, 3.63) is 19.1 Å². The first-order chi connectivity index (χ1) is 2.77. The van der Waals surface area contributed by atoms with Crippen LogP contribution in [0.5, 0.6) is 0 Å². The highest BCUT2D eigenvalue weighted by Gasteiger charge is 1.85. The molecular weight excluding hydrogens is 81.0 g/mol. The van der Waals surface area contributed by atoms with E-state index in [2.05, 4.69) is 6.58 Å². The number of carboxylic acid groups (broad SMARTS) is 1. The van der Waals surface area contributed by atoms with Crippen LogP contribution in [-0.4, -0.2) is 11.1 Å². The summed E-state index contributed by atoms with van der Waals surface area (Å²) in [5.41, 5.74) is 0. The molecule has 0 aliphatic carbocycles. The number of aliphatic carboxylic acids is 1. The van der Waals surface area contributed by atoms with Crippen LogP contribution in [0.25, 0.3) is 0 Å². The fourth-order valence-corrected chi connectivity index (χ4v) is 0.101. The van der Waals surface area contributed by atoms with Crippen molar-refractivity contribution in [2.75, 3.05) is 0 Å². The molecule has 2 nitrogen and oxygen atoms in total. The van der Waals surface area contributed by atoms with E-state index in [1.54, 1.807) is 0 Å². The third-order valence-corrected chi connectivity index (χ3v) is 0.260. The van der Waals surface area contributed by atoms with E-state index < -0.39 is 5.97 Å². The first-order valence-electron chi connectivity index (χ1n) is 1.46. The number of hydrogen-bond donors (Lipinski definition) is 1. The Morgan fingerprint density at radius 1 is 1.83 bits per heavy atom. The number of carbonyl (C=O) groups is 1. The van der Waals surface area contributed by atoms with Gasteiger partial charge in [0.25, 0.3) is 0 Å². The molecule has 0 aromatic heterocycles. The summed E-state index contributed by atoms with van der Waals surface area (Å²) < 4.78 is 0. The maximum Gasteiger partial charge on any atom is 0.311 e.